The van der Waals surface area contributed by atoms with Gasteiger partial charge in [-0.25, -0.2) is 4.98 Å². The number of fused-ring (bicyclic) bond motifs is 1. The van der Waals surface area contributed by atoms with E-state index in [1.165, 1.54) is 0 Å². The van der Waals surface area contributed by atoms with Crippen LogP contribution in [0.3, 0.4) is 0 Å². The van der Waals surface area contributed by atoms with Crippen molar-refractivity contribution in [2.75, 3.05) is 0 Å². The number of hydrogen-bond acceptors (Lipinski definition) is 3. The maximum absolute atomic E-state index is 5.65. The Morgan fingerprint density at radius 2 is 2.45 bits per heavy atom. The summed E-state index contributed by atoms with van der Waals surface area (Å²) in [4.78, 5) is 7.45. The normalized spacial score (nSPS) is 14.0. The van der Waals surface area contributed by atoms with Gasteiger partial charge in [-0.1, -0.05) is 0 Å². The van der Waals surface area contributed by atoms with E-state index in [1.54, 1.807) is 11.3 Å². The predicted octanol–water partition coefficient (Wildman–Crippen LogP) is 1.64. The van der Waals surface area contributed by atoms with Crippen molar-refractivity contribution in [1.82, 2.24) is 9.97 Å². The largest absolute Gasteiger partial charge is 0.340 e. The van der Waals surface area contributed by atoms with Crippen LogP contribution in [0.5, 0.6) is 0 Å². The van der Waals surface area contributed by atoms with Crippen LogP contribution < -0.4 is 5.73 Å². The maximum Gasteiger partial charge on any atom is 0.123 e. The van der Waals surface area contributed by atoms with Crippen molar-refractivity contribution < 1.29 is 0 Å². The summed E-state index contributed by atoms with van der Waals surface area (Å²) in [7, 11) is 0. The lowest BCUT2D eigenvalue weighted by Crippen LogP contribution is -2.06. The first-order chi connectivity index (χ1) is 5.27. The summed E-state index contributed by atoms with van der Waals surface area (Å²) in [5.41, 5.74) is 7.75. The summed E-state index contributed by atoms with van der Waals surface area (Å²) >= 11 is 1.65. The van der Waals surface area contributed by atoms with Crippen molar-refractivity contribution in [2.45, 2.75) is 13.0 Å². The van der Waals surface area contributed by atoms with Crippen molar-refractivity contribution in [3.05, 3.63) is 16.6 Å². The molecule has 1 atom stereocenters. The minimum atomic E-state index is -0.00704. The molecule has 0 unspecified atom stereocenters. The zero-order valence-electron chi connectivity index (χ0n) is 6.16. The summed E-state index contributed by atoms with van der Waals surface area (Å²) < 4.78 is 0. The zero-order valence-corrected chi connectivity index (χ0v) is 6.98. The number of hydrogen-bond donors (Lipinski definition) is 2. The van der Waals surface area contributed by atoms with Crippen LogP contribution in [0.25, 0.3) is 11.0 Å². The van der Waals surface area contributed by atoms with Gasteiger partial charge < -0.3 is 10.7 Å². The fourth-order valence-electron chi connectivity index (χ4n) is 0.982. The van der Waals surface area contributed by atoms with Crippen LogP contribution >= 0.6 is 11.3 Å². The average molecular weight is 167 g/mol. The van der Waals surface area contributed by atoms with E-state index >= 15 is 0 Å². The highest BCUT2D eigenvalue weighted by molar-refractivity contribution is 7.09. The molecular formula is C7H9N3S. The lowest BCUT2D eigenvalue weighted by atomic mass is 10.3. The van der Waals surface area contributed by atoms with Crippen molar-refractivity contribution in [1.29, 1.82) is 0 Å². The monoisotopic (exact) mass is 167 g/mol. The number of rotatable bonds is 1. The molecule has 0 bridgehead atoms. The van der Waals surface area contributed by atoms with E-state index in [-0.39, 0.29) is 6.04 Å². The molecule has 3 N–H and O–H groups in total. The Labute approximate surface area is 68.3 Å². The Morgan fingerprint density at radius 1 is 1.64 bits per heavy atom. The molecule has 2 rings (SSSR count). The van der Waals surface area contributed by atoms with E-state index in [4.69, 9.17) is 5.73 Å². The van der Waals surface area contributed by atoms with Crippen LogP contribution in [-0.2, 0) is 0 Å². The number of nitrogens with zero attached hydrogens (tertiary/aromatic N) is 1. The van der Waals surface area contributed by atoms with E-state index < -0.39 is 0 Å². The molecule has 2 heterocycles. The first kappa shape index (κ1) is 6.82. The van der Waals surface area contributed by atoms with E-state index in [1.807, 2.05) is 17.7 Å². The van der Waals surface area contributed by atoms with Crippen LogP contribution in [0.15, 0.2) is 10.8 Å². The number of thiophene rings is 1. The number of nitrogens with two attached hydrogens (primary N) is 1. The highest BCUT2D eigenvalue weighted by Crippen LogP contribution is 2.17. The number of aromatic nitrogens is 2. The number of H-pyrrole nitrogens is 1. The molecule has 0 radical (unpaired) electrons. The quantitative estimate of drug-likeness (QED) is 0.678. The third-order valence-corrected chi connectivity index (χ3v) is 2.31. The van der Waals surface area contributed by atoms with Crippen molar-refractivity contribution >= 4 is 22.4 Å². The Morgan fingerprint density at radius 3 is 3.09 bits per heavy atom. The molecule has 0 aliphatic heterocycles. The molecule has 58 valence electrons. The molecule has 2 aromatic heterocycles. The molecule has 0 amide bonds. The highest BCUT2D eigenvalue weighted by atomic mass is 32.1. The minimum Gasteiger partial charge on any atom is -0.340 e. The zero-order chi connectivity index (χ0) is 7.84. The Hall–Kier alpha value is -0.870. The first-order valence-corrected chi connectivity index (χ1v) is 4.39. The van der Waals surface area contributed by atoms with Crippen molar-refractivity contribution in [3.8, 4) is 0 Å². The molecule has 0 saturated heterocycles. The van der Waals surface area contributed by atoms with Gasteiger partial charge in [0.15, 0.2) is 0 Å². The number of nitrogens with one attached hydrogen (secondary N) is 1. The molecular weight excluding hydrogens is 158 g/mol. The summed E-state index contributed by atoms with van der Waals surface area (Å²) in [5, 5.41) is 4.05. The van der Waals surface area contributed by atoms with Crippen LogP contribution in [-0.4, -0.2) is 9.97 Å². The van der Waals surface area contributed by atoms with Gasteiger partial charge in [0.1, 0.15) is 5.82 Å². The Bertz CT molecular complexity index is 332. The van der Waals surface area contributed by atoms with Gasteiger partial charge in [-0.15, -0.1) is 11.3 Å². The molecule has 0 aromatic carbocycles. The van der Waals surface area contributed by atoms with Gasteiger partial charge in [-0.3, -0.25) is 0 Å². The number of imidazole rings is 1. The summed E-state index contributed by atoms with van der Waals surface area (Å²) in [6, 6.07) is -0.00704. The predicted molar refractivity (Wildman–Crippen MR) is 46.6 cm³/mol. The molecule has 0 spiro atoms. The molecule has 2 aromatic rings. The summed E-state index contributed by atoms with van der Waals surface area (Å²) in [6.07, 6.45) is 0. The first-order valence-electron chi connectivity index (χ1n) is 3.45. The van der Waals surface area contributed by atoms with Gasteiger partial charge in [0.25, 0.3) is 0 Å². The number of aromatic amines is 1. The SMILES string of the molecule is C[C@H](N)c1nc2cscc2[nH]1. The van der Waals surface area contributed by atoms with Crippen LogP contribution in [0.2, 0.25) is 0 Å². The lowest BCUT2D eigenvalue weighted by molar-refractivity contribution is 0.760. The molecule has 3 nitrogen and oxygen atoms in total. The Balaban J connectivity index is 2.58. The third-order valence-electron chi connectivity index (χ3n) is 1.58. The second-order valence-corrected chi connectivity index (χ2v) is 3.32. The fraction of sp³-hybridized carbons (Fsp3) is 0.286. The minimum absolute atomic E-state index is 0.00704. The Kier molecular flexibility index (Phi) is 1.44. The van der Waals surface area contributed by atoms with E-state index in [0.717, 1.165) is 16.9 Å². The van der Waals surface area contributed by atoms with Gasteiger partial charge in [0, 0.05) is 10.8 Å². The molecule has 4 heteroatoms. The van der Waals surface area contributed by atoms with Crippen LogP contribution in [0, 0.1) is 0 Å². The van der Waals surface area contributed by atoms with Gasteiger partial charge in [-0.05, 0) is 6.92 Å². The second kappa shape index (κ2) is 2.32. The van der Waals surface area contributed by atoms with Crippen LogP contribution in [0.4, 0.5) is 0 Å². The van der Waals surface area contributed by atoms with Crippen molar-refractivity contribution in [2.24, 2.45) is 5.73 Å². The topological polar surface area (TPSA) is 54.7 Å². The second-order valence-electron chi connectivity index (χ2n) is 2.58. The fourth-order valence-corrected chi connectivity index (χ4v) is 1.67. The third kappa shape index (κ3) is 1.04. The van der Waals surface area contributed by atoms with Gasteiger partial charge in [0.2, 0.25) is 0 Å². The molecule has 0 saturated carbocycles. The van der Waals surface area contributed by atoms with E-state index in [0.29, 0.717) is 0 Å². The van der Waals surface area contributed by atoms with Crippen molar-refractivity contribution in [3.63, 3.8) is 0 Å². The molecule has 0 aliphatic rings. The maximum atomic E-state index is 5.65. The molecule has 0 fully saturated rings. The smallest absolute Gasteiger partial charge is 0.123 e. The van der Waals surface area contributed by atoms with Gasteiger partial charge >= 0.3 is 0 Å². The van der Waals surface area contributed by atoms with E-state index in [2.05, 4.69) is 9.97 Å². The van der Waals surface area contributed by atoms with Gasteiger partial charge in [0.05, 0.1) is 17.1 Å². The highest BCUT2D eigenvalue weighted by Gasteiger charge is 2.05. The summed E-state index contributed by atoms with van der Waals surface area (Å²) in [6.45, 7) is 1.92. The molecule has 11 heavy (non-hydrogen) atoms. The summed E-state index contributed by atoms with van der Waals surface area (Å²) in [5.74, 6) is 0.864. The molecule has 0 aliphatic carbocycles. The van der Waals surface area contributed by atoms with E-state index in [9.17, 15) is 0 Å². The standard InChI is InChI=1S/C7H9N3S/c1-4(8)7-9-5-2-11-3-6(5)10-7/h2-4H,8H2,1H3,(H,9,10)/t4-/m0/s1. The lowest BCUT2D eigenvalue weighted by Gasteiger charge is -1.96. The van der Waals surface area contributed by atoms with Crippen LogP contribution in [0.1, 0.15) is 18.8 Å². The van der Waals surface area contributed by atoms with Gasteiger partial charge in [-0.2, -0.15) is 0 Å². The average Bonchev–Trinajstić information content (AvgIpc) is 2.40.